The number of allylic oxidation sites excluding steroid dienone is 7. The highest BCUT2D eigenvalue weighted by Crippen LogP contribution is 2.09. The van der Waals surface area contributed by atoms with E-state index in [-0.39, 0.29) is 22.7 Å². The van der Waals surface area contributed by atoms with Gasteiger partial charge in [0.2, 0.25) is 11.4 Å². The van der Waals surface area contributed by atoms with Crippen LogP contribution in [0, 0.1) is 20.2 Å². The highest BCUT2D eigenvalue weighted by molar-refractivity contribution is 5.48. The van der Waals surface area contributed by atoms with Crippen molar-refractivity contribution in [2.75, 3.05) is 0 Å². The summed E-state index contributed by atoms with van der Waals surface area (Å²) in [7, 11) is 0. The van der Waals surface area contributed by atoms with Gasteiger partial charge in [0.15, 0.2) is 0 Å². The minimum atomic E-state index is -0.393. The number of nitrogens with zero attached hydrogens (tertiary/aromatic N) is 2. The summed E-state index contributed by atoms with van der Waals surface area (Å²) in [6.45, 7) is 1.73. The number of unbranched alkanes of at least 4 members (excludes halogenated alkanes) is 5. The molecule has 0 fully saturated rings. The molecule has 27 heavy (non-hydrogen) atoms. The summed E-state index contributed by atoms with van der Waals surface area (Å²) in [5.74, 6) is 0. The van der Waals surface area contributed by atoms with Crippen molar-refractivity contribution < 1.29 is 14.6 Å². The number of hydrogen-bond acceptors (Lipinski definition) is 5. The smallest absolute Gasteiger partial charge is 0.246 e. The maximum absolute atomic E-state index is 11.1. The van der Waals surface area contributed by atoms with Gasteiger partial charge < -0.3 is 4.79 Å². The molecule has 0 saturated carbocycles. The molecule has 0 aliphatic rings. The van der Waals surface area contributed by atoms with Crippen LogP contribution in [0.5, 0.6) is 0 Å². The summed E-state index contributed by atoms with van der Waals surface area (Å²) < 4.78 is 0. The Hall–Kier alpha value is -2.57. The second kappa shape index (κ2) is 16.9. The molecular weight excluding hydrogens is 348 g/mol. The molecule has 0 amide bonds. The van der Waals surface area contributed by atoms with E-state index in [2.05, 4.69) is 0 Å². The average molecular weight is 378 g/mol. The van der Waals surface area contributed by atoms with Crippen LogP contribution in [0.2, 0.25) is 0 Å². The molecule has 150 valence electrons. The van der Waals surface area contributed by atoms with E-state index in [4.69, 9.17) is 0 Å². The molecular formula is C20H30N2O5. The molecule has 7 heteroatoms. The summed E-state index contributed by atoms with van der Waals surface area (Å²) >= 11 is 0. The van der Waals surface area contributed by atoms with Crippen LogP contribution in [0.1, 0.15) is 71.1 Å². The highest BCUT2D eigenvalue weighted by Gasteiger charge is 2.06. The predicted molar refractivity (Wildman–Crippen MR) is 106 cm³/mol. The monoisotopic (exact) mass is 378 g/mol. The first-order valence-corrected chi connectivity index (χ1v) is 9.43. The van der Waals surface area contributed by atoms with Gasteiger partial charge >= 0.3 is 0 Å². The van der Waals surface area contributed by atoms with Crippen molar-refractivity contribution in [3.05, 3.63) is 68.1 Å². The maximum atomic E-state index is 11.1. The average Bonchev–Trinajstić information content (AvgIpc) is 2.63. The number of hydrogen-bond donors (Lipinski definition) is 0. The van der Waals surface area contributed by atoms with Crippen molar-refractivity contribution in [1.29, 1.82) is 0 Å². The fourth-order valence-electron chi connectivity index (χ4n) is 2.35. The summed E-state index contributed by atoms with van der Waals surface area (Å²) in [5, 5.41) is 21.7. The van der Waals surface area contributed by atoms with E-state index < -0.39 is 4.92 Å². The van der Waals surface area contributed by atoms with Crippen LogP contribution >= 0.6 is 0 Å². The Morgan fingerprint density at radius 3 is 1.85 bits per heavy atom. The van der Waals surface area contributed by atoms with Crippen molar-refractivity contribution in [1.82, 2.24) is 0 Å². The first-order valence-electron chi connectivity index (χ1n) is 9.43. The number of carbonyl (C=O) groups excluding carboxylic acids is 1. The lowest BCUT2D eigenvalue weighted by Crippen LogP contribution is -1.97. The second-order valence-corrected chi connectivity index (χ2v) is 6.04. The molecule has 0 atom stereocenters. The molecule has 0 aromatic carbocycles. The Bertz CT molecular complexity index is 577. The third-order valence-corrected chi connectivity index (χ3v) is 3.91. The van der Waals surface area contributed by atoms with Crippen molar-refractivity contribution in [2.24, 2.45) is 0 Å². The number of nitro groups is 2. The standard InChI is InChI=1S/C20H30N2O5/c1-2-19(21(24)25)15-11-8-9-13-17-20(22(26)27)16-12-7-5-3-4-6-10-14-18-23/h7-9,12,15,17-18H,2-6,10-11,13-14,16H2,1H3/b9-8-,12-7-,19-15+,20-17+. The van der Waals surface area contributed by atoms with E-state index in [1.165, 1.54) is 0 Å². The van der Waals surface area contributed by atoms with Gasteiger partial charge in [0.1, 0.15) is 6.29 Å². The van der Waals surface area contributed by atoms with Crippen LogP contribution in [0.25, 0.3) is 0 Å². The summed E-state index contributed by atoms with van der Waals surface area (Å²) in [4.78, 5) is 31.1. The predicted octanol–water partition coefficient (Wildman–Crippen LogP) is 5.54. The largest absolute Gasteiger partial charge is 0.303 e. The molecule has 0 N–H and O–H groups in total. The Morgan fingerprint density at radius 2 is 1.33 bits per heavy atom. The minimum absolute atomic E-state index is 0.150. The van der Waals surface area contributed by atoms with Crippen LogP contribution in [-0.4, -0.2) is 16.1 Å². The van der Waals surface area contributed by atoms with Gasteiger partial charge in [-0.15, -0.1) is 0 Å². The molecule has 0 aliphatic heterocycles. The Labute approximate surface area is 160 Å². The van der Waals surface area contributed by atoms with Crippen molar-refractivity contribution in [3.63, 3.8) is 0 Å². The fraction of sp³-hybridized carbons (Fsp3) is 0.550. The zero-order chi connectivity index (χ0) is 20.3. The van der Waals surface area contributed by atoms with Gasteiger partial charge in [-0.25, -0.2) is 0 Å². The molecule has 0 spiro atoms. The van der Waals surface area contributed by atoms with Gasteiger partial charge in [-0.1, -0.05) is 44.1 Å². The van der Waals surface area contributed by atoms with Crippen LogP contribution in [-0.2, 0) is 4.79 Å². The maximum Gasteiger partial charge on any atom is 0.246 e. The van der Waals surface area contributed by atoms with E-state index in [1.807, 2.05) is 12.2 Å². The fourth-order valence-corrected chi connectivity index (χ4v) is 2.35. The van der Waals surface area contributed by atoms with Gasteiger partial charge in [-0.05, 0) is 44.3 Å². The molecule has 0 aromatic rings. The van der Waals surface area contributed by atoms with E-state index in [0.717, 1.165) is 38.4 Å². The van der Waals surface area contributed by atoms with Gasteiger partial charge in [0.05, 0.1) is 16.3 Å². The topological polar surface area (TPSA) is 103 Å². The zero-order valence-corrected chi connectivity index (χ0v) is 16.0. The normalized spacial score (nSPS) is 12.8. The Balaban J connectivity index is 4.19. The third kappa shape index (κ3) is 14.3. The van der Waals surface area contributed by atoms with E-state index in [1.54, 1.807) is 31.2 Å². The first kappa shape index (κ1) is 24.4. The molecule has 0 aliphatic carbocycles. The van der Waals surface area contributed by atoms with Gasteiger partial charge in [-0.3, -0.25) is 20.2 Å². The SMILES string of the molecule is CC/C(=C\C/C=C\C/C=C(\C/C=C\CCCCCCC=O)[N+](=O)[O-])[N+](=O)[O-]. The zero-order valence-electron chi connectivity index (χ0n) is 16.0. The van der Waals surface area contributed by atoms with E-state index in [9.17, 15) is 25.0 Å². The molecule has 0 saturated heterocycles. The van der Waals surface area contributed by atoms with Gasteiger partial charge in [0, 0.05) is 12.8 Å². The Morgan fingerprint density at radius 1 is 0.778 bits per heavy atom. The molecule has 0 unspecified atom stereocenters. The van der Waals surface area contributed by atoms with Gasteiger partial charge in [0.25, 0.3) is 0 Å². The van der Waals surface area contributed by atoms with Crippen LogP contribution < -0.4 is 0 Å². The molecule has 7 nitrogen and oxygen atoms in total. The number of aldehydes is 1. The summed E-state index contributed by atoms with van der Waals surface area (Å²) in [6, 6.07) is 0. The molecule has 0 aromatic heterocycles. The molecule has 0 radical (unpaired) electrons. The summed E-state index contributed by atoms with van der Waals surface area (Å²) in [6.07, 6.45) is 18.5. The van der Waals surface area contributed by atoms with Crippen LogP contribution in [0.4, 0.5) is 0 Å². The van der Waals surface area contributed by atoms with E-state index >= 15 is 0 Å². The highest BCUT2D eigenvalue weighted by atomic mass is 16.6. The molecule has 0 bridgehead atoms. The lowest BCUT2D eigenvalue weighted by molar-refractivity contribution is -0.427. The van der Waals surface area contributed by atoms with Crippen molar-refractivity contribution in [2.45, 2.75) is 71.1 Å². The van der Waals surface area contributed by atoms with Gasteiger partial charge in [-0.2, -0.15) is 0 Å². The van der Waals surface area contributed by atoms with Crippen molar-refractivity contribution in [3.8, 4) is 0 Å². The second-order valence-electron chi connectivity index (χ2n) is 6.04. The molecule has 0 heterocycles. The summed E-state index contributed by atoms with van der Waals surface area (Å²) in [5.41, 5.74) is 0.326. The van der Waals surface area contributed by atoms with Crippen LogP contribution in [0.15, 0.2) is 47.9 Å². The number of carbonyl (C=O) groups is 1. The lowest BCUT2D eigenvalue weighted by Gasteiger charge is -1.96. The quantitative estimate of drug-likeness (QED) is 0.115. The minimum Gasteiger partial charge on any atom is -0.303 e. The lowest BCUT2D eigenvalue weighted by atomic mass is 10.1. The third-order valence-electron chi connectivity index (χ3n) is 3.91. The molecule has 0 rings (SSSR count). The number of rotatable bonds is 16. The van der Waals surface area contributed by atoms with Crippen LogP contribution in [0.3, 0.4) is 0 Å². The first-order chi connectivity index (χ1) is 13.0. The van der Waals surface area contributed by atoms with E-state index in [0.29, 0.717) is 25.7 Å². The van der Waals surface area contributed by atoms with Crippen molar-refractivity contribution >= 4 is 6.29 Å². The Kier molecular flexibility index (Phi) is 15.3.